The fourth-order valence-electron chi connectivity index (χ4n) is 3.79. The molecule has 2 aliphatic rings. The molecule has 5 nitrogen and oxygen atoms in total. The lowest BCUT2D eigenvalue weighted by Crippen LogP contribution is -2.42. The molecular formula is C19H23N3O2. The number of fused-ring (bicyclic) bond motifs is 2. The van der Waals surface area contributed by atoms with E-state index in [1.54, 1.807) is 6.07 Å². The smallest absolute Gasteiger partial charge is 0.287 e. The third kappa shape index (κ3) is 2.91. The molecule has 3 atom stereocenters. The Bertz CT molecular complexity index is 722. The van der Waals surface area contributed by atoms with E-state index in [4.69, 9.17) is 4.42 Å². The van der Waals surface area contributed by atoms with Gasteiger partial charge >= 0.3 is 0 Å². The Balaban J connectivity index is 1.43. The maximum Gasteiger partial charge on any atom is 0.287 e. The van der Waals surface area contributed by atoms with Crippen LogP contribution in [0.4, 0.5) is 5.69 Å². The van der Waals surface area contributed by atoms with Crippen LogP contribution in [0.2, 0.25) is 0 Å². The predicted octanol–water partition coefficient (Wildman–Crippen LogP) is 3.00. The van der Waals surface area contributed by atoms with Crippen molar-refractivity contribution >= 4 is 11.6 Å². The van der Waals surface area contributed by atoms with Crippen LogP contribution >= 0.6 is 0 Å². The number of carbonyl (C=O) groups excluding carboxylic acids is 1. The zero-order valence-corrected chi connectivity index (χ0v) is 13.8. The van der Waals surface area contributed by atoms with E-state index < -0.39 is 0 Å². The molecule has 3 N–H and O–H groups in total. The summed E-state index contributed by atoms with van der Waals surface area (Å²) in [7, 11) is 0. The highest BCUT2D eigenvalue weighted by molar-refractivity contribution is 5.92. The van der Waals surface area contributed by atoms with E-state index in [-0.39, 0.29) is 11.9 Å². The number of rotatable bonds is 5. The Hall–Kier alpha value is -2.27. The van der Waals surface area contributed by atoms with Crippen LogP contribution in [0.15, 0.2) is 40.8 Å². The summed E-state index contributed by atoms with van der Waals surface area (Å²) in [6, 6.07) is 12.9. The first-order valence-corrected chi connectivity index (χ1v) is 8.74. The molecule has 5 heteroatoms. The second-order valence-electron chi connectivity index (χ2n) is 6.63. The van der Waals surface area contributed by atoms with E-state index in [0.29, 0.717) is 23.6 Å². The van der Waals surface area contributed by atoms with Crippen LogP contribution in [0.25, 0.3) is 11.3 Å². The predicted molar refractivity (Wildman–Crippen MR) is 94.1 cm³/mol. The normalized spacial score (nSPS) is 25.0. The molecule has 2 saturated heterocycles. The molecule has 126 valence electrons. The van der Waals surface area contributed by atoms with Crippen molar-refractivity contribution in [2.75, 3.05) is 11.9 Å². The van der Waals surface area contributed by atoms with E-state index in [9.17, 15) is 4.79 Å². The van der Waals surface area contributed by atoms with Gasteiger partial charge in [-0.05, 0) is 62.6 Å². The quantitative estimate of drug-likeness (QED) is 0.790. The first-order chi connectivity index (χ1) is 11.7. The molecule has 1 aromatic heterocycles. The largest absolute Gasteiger partial charge is 0.451 e. The molecule has 1 aromatic carbocycles. The SMILES string of the molecule is CCNc1ccc(-c2ccc(C(=O)N[C@@H]3C[C@H]4CC[C@@H]3N4)o2)cc1. The monoisotopic (exact) mass is 325 g/mol. The molecule has 0 spiro atoms. The van der Waals surface area contributed by atoms with Crippen molar-refractivity contribution in [1.29, 1.82) is 0 Å². The van der Waals surface area contributed by atoms with Gasteiger partial charge in [-0.1, -0.05) is 0 Å². The summed E-state index contributed by atoms with van der Waals surface area (Å²) in [5.41, 5.74) is 2.05. The molecule has 2 aliphatic heterocycles. The number of anilines is 1. The number of carbonyl (C=O) groups is 1. The van der Waals surface area contributed by atoms with Crippen LogP contribution in [-0.4, -0.2) is 30.6 Å². The maximum atomic E-state index is 12.4. The van der Waals surface area contributed by atoms with Gasteiger partial charge in [0, 0.05) is 35.9 Å². The standard InChI is InChI=1S/C19H23N3O2/c1-2-20-13-5-3-12(4-6-13)17-9-10-18(24-17)19(23)22-16-11-14-7-8-15(16)21-14/h3-6,9-10,14-16,20-21H,2,7-8,11H2,1H3,(H,22,23)/t14-,15+,16-/m1/s1. The summed E-state index contributed by atoms with van der Waals surface area (Å²) in [6.07, 6.45) is 3.40. The second-order valence-corrected chi connectivity index (χ2v) is 6.63. The Morgan fingerprint density at radius 3 is 2.71 bits per heavy atom. The van der Waals surface area contributed by atoms with Gasteiger partial charge in [0.25, 0.3) is 5.91 Å². The van der Waals surface area contributed by atoms with Gasteiger partial charge in [-0.3, -0.25) is 4.79 Å². The molecule has 0 unspecified atom stereocenters. The highest BCUT2D eigenvalue weighted by Gasteiger charge is 2.39. The topological polar surface area (TPSA) is 66.3 Å². The van der Waals surface area contributed by atoms with Crippen molar-refractivity contribution in [2.45, 2.75) is 44.3 Å². The van der Waals surface area contributed by atoms with Gasteiger partial charge in [0.15, 0.2) is 5.76 Å². The van der Waals surface area contributed by atoms with E-state index >= 15 is 0 Å². The molecular weight excluding hydrogens is 302 g/mol. The van der Waals surface area contributed by atoms with Gasteiger partial charge in [-0.25, -0.2) is 0 Å². The lowest BCUT2D eigenvalue weighted by atomic mass is 9.95. The van der Waals surface area contributed by atoms with Crippen molar-refractivity contribution in [3.8, 4) is 11.3 Å². The summed E-state index contributed by atoms with van der Waals surface area (Å²) >= 11 is 0. The average Bonchev–Trinajstić information content (AvgIpc) is 3.32. The summed E-state index contributed by atoms with van der Waals surface area (Å²) in [4.78, 5) is 12.4. The first kappa shape index (κ1) is 15.3. The molecule has 0 radical (unpaired) electrons. The molecule has 0 aliphatic carbocycles. The lowest BCUT2D eigenvalue weighted by molar-refractivity contribution is 0.0903. The van der Waals surface area contributed by atoms with Gasteiger partial charge in [-0.15, -0.1) is 0 Å². The van der Waals surface area contributed by atoms with Crippen LogP contribution < -0.4 is 16.0 Å². The third-order valence-corrected chi connectivity index (χ3v) is 5.00. The van der Waals surface area contributed by atoms with Gasteiger partial charge in [0.1, 0.15) is 5.76 Å². The molecule has 24 heavy (non-hydrogen) atoms. The average molecular weight is 325 g/mol. The number of nitrogens with one attached hydrogen (secondary N) is 3. The fourth-order valence-corrected chi connectivity index (χ4v) is 3.79. The zero-order valence-electron chi connectivity index (χ0n) is 13.8. The van der Waals surface area contributed by atoms with Crippen LogP contribution in [0.5, 0.6) is 0 Å². The third-order valence-electron chi connectivity index (χ3n) is 5.00. The summed E-state index contributed by atoms with van der Waals surface area (Å²) < 4.78 is 5.77. The van der Waals surface area contributed by atoms with Gasteiger partial charge in [0.05, 0.1) is 0 Å². The van der Waals surface area contributed by atoms with Crippen molar-refractivity contribution in [2.24, 2.45) is 0 Å². The molecule has 2 bridgehead atoms. The second kappa shape index (κ2) is 6.32. The number of amides is 1. The Labute approximate surface area is 141 Å². The number of hydrogen-bond acceptors (Lipinski definition) is 4. The molecule has 2 fully saturated rings. The van der Waals surface area contributed by atoms with Crippen LogP contribution in [0.1, 0.15) is 36.7 Å². The van der Waals surface area contributed by atoms with Crippen molar-refractivity contribution in [3.63, 3.8) is 0 Å². The van der Waals surface area contributed by atoms with E-state index in [1.807, 2.05) is 30.3 Å². The van der Waals surface area contributed by atoms with Crippen LogP contribution in [0, 0.1) is 0 Å². The molecule has 1 amide bonds. The molecule has 0 saturated carbocycles. The first-order valence-electron chi connectivity index (χ1n) is 8.74. The van der Waals surface area contributed by atoms with Gasteiger partial charge in [-0.2, -0.15) is 0 Å². The Morgan fingerprint density at radius 1 is 1.21 bits per heavy atom. The maximum absolute atomic E-state index is 12.4. The van der Waals surface area contributed by atoms with Crippen molar-refractivity contribution < 1.29 is 9.21 Å². The van der Waals surface area contributed by atoms with E-state index in [1.165, 1.54) is 6.42 Å². The van der Waals surface area contributed by atoms with Gasteiger partial charge < -0.3 is 20.4 Å². The highest BCUT2D eigenvalue weighted by Crippen LogP contribution is 2.29. The summed E-state index contributed by atoms with van der Waals surface area (Å²) in [5.74, 6) is 0.975. The van der Waals surface area contributed by atoms with E-state index in [0.717, 1.165) is 30.6 Å². The van der Waals surface area contributed by atoms with E-state index in [2.05, 4.69) is 22.9 Å². The molecule has 2 aromatic rings. The minimum atomic E-state index is -0.120. The number of benzene rings is 1. The minimum Gasteiger partial charge on any atom is -0.451 e. The highest BCUT2D eigenvalue weighted by atomic mass is 16.3. The van der Waals surface area contributed by atoms with Crippen molar-refractivity contribution in [3.05, 3.63) is 42.2 Å². The summed E-state index contributed by atoms with van der Waals surface area (Å²) in [5, 5.41) is 9.90. The van der Waals surface area contributed by atoms with Gasteiger partial charge in [0.2, 0.25) is 0 Å². The van der Waals surface area contributed by atoms with Crippen LogP contribution in [-0.2, 0) is 0 Å². The fraction of sp³-hybridized carbons (Fsp3) is 0.421. The number of furan rings is 1. The molecule has 3 heterocycles. The Kier molecular flexibility index (Phi) is 4.02. The zero-order chi connectivity index (χ0) is 16.5. The van der Waals surface area contributed by atoms with Crippen LogP contribution in [0.3, 0.4) is 0 Å². The van der Waals surface area contributed by atoms with Crippen molar-refractivity contribution in [1.82, 2.24) is 10.6 Å². The molecule has 4 rings (SSSR count). The minimum absolute atomic E-state index is 0.120. The Morgan fingerprint density at radius 2 is 2.04 bits per heavy atom. The number of hydrogen-bond donors (Lipinski definition) is 3. The lowest BCUT2D eigenvalue weighted by Gasteiger charge is -2.20. The summed E-state index contributed by atoms with van der Waals surface area (Å²) in [6.45, 7) is 2.96.